The summed E-state index contributed by atoms with van der Waals surface area (Å²) in [5, 5.41) is 15.8. The number of hydrogen-bond donors (Lipinski definition) is 3. The maximum absolute atomic E-state index is 12.8. The summed E-state index contributed by atoms with van der Waals surface area (Å²) in [6.45, 7) is 4.20. The highest BCUT2D eigenvalue weighted by Crippen LogP contribution is 2.22. The molecule has 0 unspecified atom stereocenters. The molecule has 0 bridgehead atoms. The van der Waals surface area contributed by atoms with Crippen LogP contribution in [0.15, 0.2) is 70.2 Å². The number of aryl methyl sites for hydroxylation is 2. The maximum atomic E-state index is 12.8. The Morgan fingerprint density at radius 2 is 1.76 bits per heavy atom. The molecular formula is C26H26BrN3O3S. The lowest BCUT2D eigenvalue weighted by atomic mass is 10.1. The van der Waals surface area contributed by atoms with Crippen LogP contribution in [0.4, 0.5) is 5.69 Å². The van der Waals surface area contributed by atoms with Crippen LogP contribution in [0.5, 0.6) is 0 Å². The highest BCUT2D eigenvalue weighted by atomic mass is 79.9. The first-order chi connectivity index (χ1) is 16.4. The Kier molecular flexibility index (Phi) is 9.44. The van der Waals surface area contributed by atoms with Crippen LogP contribution in [0.3, 0.4) is 0 Å². The largest absolute Gasteiger partial charge is 0.396 e. The molecule has 0 saturated carbocycles. The van der Waals surface area contributed by atoms with E-state index in [4.69, 9.17) is 5.11 Å². The van der Waals surface area contributed by atoms with Crippen LogP contribution < -0.4 is 10.7 Å². The van der Waals surface area contributed by atoms with Gasteiger partial charge in [0.1, 0.15) is 0 Å². The van der Waals surface area contributed by atoms with Crippen molar-refractivity contribution in [2.45, 2.75) is 19.6 Å². The molecule has 6 nitrogen and oxygen atoms in total. The molecule has 3 N–H and O–H groups in total. The Hall–Kier alpha value is -2.94. The van der Waals surface area contributed by atoms with Gasteiger partial charge in [-0.05, 0) is 66.4 Å². The Balaban J connectivity index is 1.68. The number of carbonyl (C=O) groups is 2. The van der Waals surface area contributed by atoms with Crippen molar-refractivity contribution in [2.24, 2.45) is 5.10 Å². The molecule has 0 aliphatic carbocycles. The molecule has 0 radical (unpaired) electrons. The number of nitrogens with one attached hydrogen (secondary N) is 2. The molecule has 0 aliphatic heterocycles. The minimum absolute atomic E-state index is 0.144. The van der Waals surface area contributed by atoms with Gasteiger partial charge in [-0.25, -0.2) is 5.43 Å². The van der Waals surface area contributed by atoms with Gasteiger partial charge >= 0.3 is 0 Å². The molecule has 3 rings (SSSR count). The first kappa shape index (κ1) is 25.7. The number of amides is 2. The molecule has 0 atom stereocenters. The van der Waals surface area contributed by atoms with Crippen LogP contribution in [-0.4, -0.2) is 35.5 Å². The van der Waals surface area contributed by atoms with Crippen molar-refractivity contribution in [3.05, 3.63) is 98.5 Å². The third kappa shape index (κ3) is 7.28. The number of aliphatic hydroxyl groups excluding tert-OH is 1. The average Bonchev–Trinajstić information content (AvgIpc) is 2.83. The molecule has 0 aliphatic rings. The van der Waals surface area contributed by atoms with E-state index in [9.17, 15) is 9.59 Å². The second-order valence-electron chi connectivity index (χ2n) is 7.66. The number of carbonyl (C=O) groups excluding carboxylic acids is 2. The number of hydrazone groups is 1. The quantitative estimate of drug-likeness (QED) is 0.195. The third-order valence-electron chi connectivity index (χ3n) is 5.11. The lowest BCUT2D eigenvalue weighted by molar-refractivity contribution is 0.0956. The summed E-state index contributed by atoms with van der Waals surface area (Å²) in [4.78, 5) is 25.6. The van der Waals surface area contributed by atoms with Crippen molar-refractivity contribution in [1.82, 2.24) is 5.43 Å². The van der Waals surface area contributed by atoms with Gasteiger partial charge in [0.05, 0.1) is 24.1 Å². The molecule has 8 heteroatoms. The fraction of sp³-hybridized carbons (Fsp3) is 0.192. The lowest BCUT2D eigenvalue weighted by Crippen LogP contribution is -2.21. The number of nitrogens with zero attached hydrogens (tertiary/aromatic N) is 1. The van der Waals surface area contributed by atoms with E-state index >= 15 is 0 Å². The minimum atomic E-state index is -0.437. The summed E-state index contributed by atoms with van der Waals surface area (Å²) in [7, 11) is 0. The van der Waals surface area contributed by atoms with Gasteiger partial charge in [0, 0.05) is 21.5 Å². The average molecular weight is 540 g/mol. The smallest absolute Gasteiger partial charge is 0.273 e. The maximum Gasteiger partial charge on any atom is 0.273 e. The van der Waals surface area contributed by atoms with Gasteiger partial charge in [-0.15, -0.1) is 0 Å². The Morgan fingerprint density at radius 3 is 2.47 bits per heavy atom. The van der Waals surface area contributed by atoms with Crippen molar-refractivity contribution < 1.29 is 14.7 Å². The SMILES string of the molecule is Cc1ccc(/C=N/NC(=O)c2cc(Br)ccc2NC(=O)c2ccc(CSCCO)cc2)cc1C. The summed E-state index contributed by atoms with van der Waals surface area (Å²) >= 11 is 5.01. The molecule has 3 aromatic carbocycles. The predicted molar refractivity (Wildman–Crippen MR) is 143 cm³/mol. The van der Waals surface area contributed by atoms with Gasteiger partial charge < -0.3 is 10.4 Å². The first-order valence-electron chi connectivity index (χ1n) is 10.7. The molecule has 0 saturated heterocycles. The molecule has 0 aromatic heterocycles. The highest BCUT2D eigenvalue weighted by Gasteiger charge is 2.15. The number of rotatable bonds is 9. The van der Waals surface area contributed by atoms with Crippen LogP contribution >= 0.6 is 27.7 Å². The van der Waals surface area contributed by atoms with E-state index in [-0.39, 0.29) is 18.1 Å². The standard InChI is InChI=1S/C26H26BrN3O3S/c1-17-3-4-20(13-18(17)2)15-28-30-26(33)23-14-22(27)9-10-24(23)29-25(32)21-7-5-19(6-8-21)16-34-12-11-31/h3-10,13-15,31H,11-12,16H2,1-2H3,(H,29,32)(H,30,33)/b28-15+. The van der Waals surface area contributed by atoms with Crippen molar-refractivity contribution in [3.8, 4) is 0 Å². The summed E-state index contributed by atoms with van der Waals surface area (Å²) in [6, 6.07) is 18.2. The van der Waals surface area contributed by atoms with Crippen LogP contribution in [0.1, 0.15) is 43.0 Å². The topological polar surface area (TPSA) is 90.8 Å². The predicted octanol–water partition coefficient (Wildman–Crippen LogP) is 5.31. The molecule has 3 aromatic rings. The van der Waals surface area contributed by atoms with Gasteiger partial charge in [0.2, 0.25) is 0 Å². The summed E-state index contributed by atoms with van der Waals surface area (Å²) in [6.07, 6.45) is 1.58. The van der Waals surface area contributed by atoms with Gasteiger partial charge in [-0.3, -0.25) is 9.59 Å². The van der Waals surface area contributed by atoms with E-state index in [0.717, 1.165) is 22.4 Å². The fourth-order valence-corrected chi connectivity index (χ4v) is 4.15. The number of hydrogen-bond acceptors (Lipinski definition) is 5. The molecular weight excluding hydrogens is 514 g/mol. The third-order valence-corrected chi connectivity index (χ3v) is 6.61. The zero-order valence-electron chi connectivity index (χ0n) is 19.0. The van der Waals surface area contributed by atoms with Gasteiger partial charge in [0.15, 0.2) is 0 Å². The van der Waals surface area contributed by atoms with E-state index in [1.165, 1.54) is 5.56 Å². The van der Waals surface area contributed by atoms with Gasteiger partial charge in [-0.1, -0.05) is 46.3 Å². The summed E-state index contributed by atoms with van der Waals surface area (Å²) < 4.78 is 0.707. The monoisotopic (exact) mass is 539 g/mol. The van der Waals surface area contributed by atoms with E-state index in [1.54, 1.807) is 48.3 Å². The van der Waals surface area contributed by atoms with Crippen LogP contribution in [0.25, 0.3) is 0 Å². The van der Waals surface area contributed by atoms with Crippen LogP contribution in [0, 0.1) is 13.8 Å². The fourth-order valence-electron chi connectivity index (χ4n) is 3.09. The summed E-state index contributed by atoms with van der Waals surface area (Å²) in [5.41, 5.74) is 7.97. The van der Waals surface area contributed by atoms with Crippen molar-refractivity contribution in [2.75, 3.05) is 17.7 Å². The molecule has 34 heavy (non-hydrogen) atoms. The number of aliphatic hydroxyl groups is 1. The summed E-state index contributed by atoms with van der Waals surface area (Å²) in [5.74, 6) is 0.686. The number of benzene rings is 3. The highest BCUT2D eigenvalue weighted by molar-refractivity contribution is 9.10. The number of anilines is 1. The molecule has 0 heterocycles. The lowest BCUT2D eigenvalue weighted by Gasteiger charge is -2.11. The second-order valence-corrected chi connectivity index (χ2v) is 9.68. The Bertz CT molecular complexity index is 1200. The van der Waals surface area contributed by atoms with E-state index in [1.807, 2.05) is 44.2 Å². The van der Waals surface area contributed by atoms with Crippen molar-refractivity contribution in [1.29, 1.82) is 0 Å². The molecule has 0 fully saturated rings. The number of halogens is 1. The van der Waals surface area contributed by atoms with Gasteiger partial charge in [0.25, 0.3) is 11.8 Å². The van der Waals surface area contributed by atoms with E-state index in [0.29, 0.717) is 21.5 Å². The number of thioether (sulfide) groups is 1. The molecule has 0 spiro atoms. The minimum Gasteiger partial charge on any atom is -0.396 e. The molecule has 176 valence electrons. The normalized spacial score (nSPS) is 10.9. The second kappa shape index (κ2) is 12.5. The van der Waals surface area contributed by atoms with E-state index < -0.39 is 5.91 Å². The zero-order valence-corrected chi connectivity index (χ0v) is 21.4. The van der Waals surface area contributed by atoms with E-state index in [2.05, 4.69) is 31.8 Å². The van der Waals surface area contributed by atoms with Gasteiger partial charge in [-0.2, -0.15) is 16.9 Å². The Morgan fingerprint density at radius 1 is 1.00 bits per heavy atom. The first-order valence-corrected chi connectivity index (χ1v) is 12.6. The Labute approximate surface area is 212 Å². The van der Waals surface area contributed by atoms with Crippen LogP contribution in [-0.2, 0) is 5.75 Å². The van der Waals surface area contributed by atoms with Crippen molar-refractivity contribution >= 4 is 51.4 Å². The zero-order chi connectivity index (χ0) is 24.5. The molecule has 2 amide bonds. The van der Waals surface area contributed by atoms with Crippen molar-refractivity contribution in [3.63, 3.8) is 0 Å². The van der Waals surface area contributed by atoms with Crippen LogP contribution in [0.2, 0.25) is 0 Å².